The molecule has 4 saturated carbocycles. The number of hydrogen-bond acceptors (Lipinski definition) is 13. The van der Waals surface area contributed by atoms with Crippen molar-refractivity contribution in [3.63, 3.8) is 0 Å². The van der Waals surface area contributed by atoms with Gasteiger partial charge in [0.15, 0.2) is 0 Å². The molecule has 8 fully saturated rings. The molecule has 19 atom stereocenters. The minimum Gasteiger partial charge on any atom is -0.456 e. The minimum absolute atomic E-state index is 0.102. The van der Waals surface area contributed by atoms with Crippen LogP contribution >= 0.6 is 0 Å². The SMILES string of the molecule is C[C@@H]1[C@@H]2CC[C@@H]1[C@H](OC(=O)c1ccccc1)/C=C/C=C\C(=O)O[C@H]1[C@@H](C)C[C@@H]3[C@]1(O)[C@H](O)[C@@]1(CO)O[C@H]1[C@H]1[C@@H]4O[C@@]5(c6ccccc6)O[C@H]([C@@H](C)[C@]13O5)[C@@]4(O)[C@@](C)(O)C2. The molecule has 11 bridgehead atoms. The number of fused-ring (bicyclic) bond motifs is 6. The number of aliphatic hydroxyl groups excluding tert-OH is 2. The Kier molecular flexibility index (Phi) is 8.90. The molecule has 0 radical (unpaired) electrons. The van der Waals surface area contributed by atoms with Crippen LogP contribution in [0.1, 0.15) is 69.3 Å². The van der Waals surface area contributed by atoms with Gasteiger partial charge in [0.2, 0.25) is 0 Å². The molecule has 2 aromatic rings. The van der Waals surface area contributed by atoms with Crippen LogP contribution in [0.5, 0.6) is 0 Å². The fourth-order valence-electron chi connectivity index (χ4n) is 13.3. The highest BCUT2D eigenvalue weighted by molar-refractivity contribution is 5.89. The second kappa shape index (κ2) is 13.3. The van der Waals surface area contributed by atoms with Crippen LogP contribution in [0.25, 0.3) is 0 Å². The van der Waals surface area contributed by atoms with E-state index in [0.717, 1.165) is 0 Å². The van der Waals surface area contributed by atoms with E-state index < -0.39 is 113 Å². The Labute approximate surface area is 342 Å². The molecule has 10 aliphatic rings. The molecule has 5 N–H and O–H groups in total. The van der Waals surface area contributed by atoms with E-state index in [1.807, 2.05) is 38.1 Å². The highest BCUT2D eigenvalue weighted by atomic mass is 16.9. The number of carbonyl (C=O) groups excluding carboxylic acids is 2. The normalized spacial score (nSPS) is 52.8. The van der Waals surface area contributed by atoms with Crippen LogP contribution in [0.3, 0.4) is 0 Å². The maximum absolute atomic E-state index is 13.7. The monoisotopic (exact) mass is 814 g/mol. The zero-order valence-corrected chi connectivity index (χ0v) is 33.6. The number of aliphatic hydroxyl groups is 5. The van der Waals surface area contributed by atoms with E-state index in [9.17, 15) is 35.1 Å². The van der Waals surface area contributed by atoms with Crippen molar-refractivity contribution in [1.82, 2.24) is 0 Å². The van der Waals surface area contributed by atoms with Crippen molar-refractivity contribution in [3.05, 3.63) is 96.1 Å². The van der Waals surface area contributed by atoms with Gasteiger partial charge in [0, 0.05) is 35.3 Å². The first-order chi connectivity index (χ1) is 28.1. The summed E-state index contributed by atoms with van der Waals surface area (Å²) in [5, 5.41) is 63.4. The Morgan fingerprint density at radius 2 is 1.58 bits per heavy atom. The zero-order chi connectivity index (χ0) is 41.5. The highest BCUT2D eigenvalue weighted by Crippen LogP contribution is 2.75. The number of carbonyl (C=O) groups is 2. The Balaban J connectivity index is 1.14. The number of allylic oxidation sites excluding steroid dienone is 2. The van der Waals surface area contributed by atoms with Gasteiger partial charge in [0.25, 0.3) is 0 Å². The lowest BCUT2D eigenvalue weighted by molar-refractivity contribution is -0.595. The molecule has 13 heteroatoms. The fourth-order valence-corrected chi connectivity index (χ4v) is 13.3. The van der Waals surface area contributed by atoms with E-state index in [0.29, 0.717) is 24.0 Å². The molecule has 0 aromatic heterocycles. The summed E-state index contributed by atoms with van der Waals surface area (Å²) in [5.41, 5.74) is -8.50. The molecule has 6 heterocycles. The summed E-state index contributed by atoms with van der Waals surface area (Å²) < 4.78 is 39.7. The van der Waals surface area contributed by atoms with E-state index in [1.54, 1.807) is 55.5 Å². The molecular weight excluding hydrogens is 760 g/mol. The van der Waals surface area contributed by atoms with Gasteiger partial charge in [-0.05, 0) is 68.6 Å². The Morgan fingerprint density at radius 3 is 2.29 bits per heavy atom. The van der Waals surface area contributed by atoms with Crippen LogP contribution in [-0.2, 0) is 39.2 Å². The van der Waals surface area contributed by atoms with E-state index in [4.69, 9.17) is 28.4 Å². The standard InChI is InChI=1S/C46H54O13/c1-24-21-32-43(52)35(24)55-33(48)18-12-11-17-31(54-39(49)27-13-7-5-8-14-27)30-20-19-28(25(30)2)22-41(4,51)45(53)36-26(3)44(32)34(37-42(23-47,56-37)40(43)50)38(45)58-46(57-36,59-44)29-15-9-6-10-16-29/h5-18,24-26,28,30-32,34-38,40,47,50-53H,19-23H2,1-4H3/b17-11+,18-12-/t24-,25+,26+,28+,30-,31+,32+,34-,35-,36+,37-,38-,40+,41-,42-,43+,44+,45-,46+/m0/s1. The van der Waals surface area contributed by atoms with Crippen molar-refractivity contribution in [2.24, 2.45) is 41.4 Å². The molecule has 1 spiro atoms. The van der Waals surface area contributed by atoms with E-state index >= 15 is 0 Å². The molecule has 12 rings (SSSR count). The van der Waals surface area contributed by atoms with Gasteiger partial charge >= 0.3 is 17.9 Å². The average Bonchev–Trinajstić information content (AvgIpc) is 3.79. The van der Waals surface area contributed by atoms with Crippen LogP contribution in [0.4, 0.5) is 0 Å². The maximum atomic E-state index is 13.7. The Morgan fingerprint density at radius 1 is 0.881 bits per heavy atom. The van der Waals surface area contributed by atoms with Crippen molar-refractivity contribution >= 4 is 11.9 Å². The quantitative estimate of drug-likeness (QED) is 0.223. The molecule has 59 heavy (non-hydrogen) atoms. The van der Waals surface area contributed by atoms with Crippen molar-refractivity contribution < 1.29 is 63.5 Å². The largest absolute Gasteiger partial charge is 0.456 e. The van der Waals surface area contributed by atoms with Crippen molar-refractivity contribution in [2.75, 3.05) is 6.61 Å². The third-order valence-electron chi connectivity index (χ3n) is 16.2. The number of rotatable bonds is 4. The topological polar surface area (TPSA) is 194 Å². The van der Waals surface area contributed by atoms with E-state index in [-0.39, 0.29) is 30.6 Å². The zero-order valence-electron chi connectivity index (χ0n) is 33.6. The Bertz CT molecular complexity index is 2060. The predicted octanol–water partition coefficient (Wildman–Crippen LogP) is 3.31. The first-order valence-corrected chi connectivity index (χ1v) is 21.2. The first-order valence-electron chi connectivity index (χ1n) is 21.2. The third-order valence-corrected chi connectivity index (χ3v) is 16.2. The summed E-state index contributed by atoms with van der Waals surface area (Å²) in [4.78, 5) is 27.2. The second-order valence-electron chi connectivity index (χ2n) is 19.0. The number of epoxide rings is 1. The smallest absolute Gasteiger partial charge is 0.338 e. The lowest BCUT2D eigenvalue weighted by Crippen LogP contribution is -2.89. The predicted molar refractivity (Wildman–Crippen MR) is 207 cm³/mol. The first kappa shape index (κ1) is 39.6. The molecule has 4 aliphatic carbocycles. The van der Waals surface area contributed by atoms with Gasteiger partial charge in [-0.25, -0.2) is 9.59 Å². The van der Waals surface area contributed by atoms with Crippen LogP contribution in [0.2, 0.25) is 0 Å². The van der Waals surface area contributed by atoms with Crippen LogP contribution in [-0.4, -0.2) is 109 Å². The summed E-state index contributed by atoms with van der Waals surface area (Å²) in [6.07, 6.45) is 0.608. The van der Waals surface area contributed by atoms with Gasteiger partial charge in [0.1, 0.15) is 53.4 Å². The molecule has 0 unspecified atom stereocenters. The fraction of sp³-hybridized carbons (Fsp3) is 0.609. The molecule has 2 aromatic carbocycles. The van der Waals surface area contributed by atoms with Crippen LogP contribution < -0.4 is 0 Å². The highest BCUT2D eigenvalue weighted by Gasteiger charge is 2.91. The van der Waals surface area contributed by atoms with Gasteiger partial charge in [-0.15, -0.1) is 0 Å². The second-order valence-corrected chi connectivity index (χ2v) is 19.0. The third kappa shape index (κ3) is 5.17. The van der Waals surface area contributed by atoms with E-state index in [1.165, 1.54) is 12.2 Å². The summed E-state index contributed by atoms with van der Waals surface area (Å²) >= 11 is 0. The summed E-state index contributed by atoms with van der Waals surface area (Å²) in [6, 6.07) is 17.7. The van der Waals surface area contributed by atoms with Gasteiger partial charge in [-0.2, -0.15) is 0 Å². The lowest BCUT2D eigenvalue weighted by Gasteiger charge is -2.74. The van der Waals surface area contributed by atoms with Gasteiger partial charge in [-0.1, -0.05) is 81.5 Å². The van der Waals surface area contributed by atoms with Crippen LogP contribution in [0.15, 0.2) is 85.0 Å². The average molecular weight is 815 g/mol. The van der Waals surface area contributed by atoms with Gasteiger partial charge in [0.05, 0.1) is 23.4 Å². The summed E-state index contributed by atoms with van der Waals surface area (Å²) in [7, 11) is 0. The molecule has 0 amide bonds. The number of benzene rings is 2. The number of esters is 2. The van der Waals surface area contributed by atoms with Gasteiger partial charge < -0.3 is 54.0 Å². The number of hydrogen-bond donors (Lipinski definition) is 5. The minimum atomic E-state index is -2.22. The molecule has 316 valence electrons. The van der Waals surface area contributed by atoms with Crippen molar-refractivity contribution in [2.45, 2.75) is 124 Å². The van der Waals surface area contributed by atoms with Crippen molar-refractivity contribution in [1.29, 1.82) is 0 Å². The lowest BCUT2D eigenvalue weighted by atomic mass is 9.49. The van der Waals surface area contributed by atoms with E-state index in [2.05, 4.69) is 6.92 Å². The molecule has 6 aliphatic heterocycles. The molecule has 4 saturated heterocycles. The maximum Gasteiger partial charge on any atom is 0.338 e. The number of ether oxygens (including phenoxy) is 6. The van der Waals surface area contributed by atoms with Crippen LogP contribution in [0, 0.1) is 41.4 Å². The summed E-state index contributed by atoms with van der Waals surface area (Å²) in [5.74, 6) is -6.79. The van der Waals surface area contributed by atoms with Crippen molar-refractivity contribution in [3.8, 4) is 0 Å². The molecule has 13 nitrogen and oxygen atoms in total. The Hall–Kier alpha value is -3.50. The molecular formula is C46H54O13. The summed E-state index contributed by atoms with van der Waals surface area (Å²) in [6.45, 7) is 6.66. The van der Waals surface area contributed by atoms with Gasteiger partial charge in [-0.3, -0.25) is 0 Å².